The van der Waals surface area contributed by atoms with Gasteiger partial charge in [0.2, 0.25) is 0 Å². The predicted octanol–water partition coefficient (Wildman–Crippen LogP) is 3.19. The number of thiazole rings is 1. The van der Waals surface area contributed by atoms with Crippen molar-refractivity contribution in [1.29, 1.82) is 0 Å². The maximum absolute atomic E-state index is 10.7. The quantitative estimate of drug-likeness (QED) is 0.930. The van der Waals surface area contributed by atoms with E-state index in [9.17, 15) is 5.11 Å². The molecule has 3 rings (SSSR count). The summed E-state index contributed by atoms with van der Waals surface area (Å²) >= 11 is 1.79. The Kier molecular flexibility index (Phi) is 4.16. The van der Waals surface area contributed by atoms with Gasteiger partial charge in [-0.25, -0.2) is 4.98 Å². The van der Waals surface area contributed by atoms with Gasteiger partial charge < -0.3 is 10.0 Å². The summed E-state index contributed by atoms with van der Waals surface area (Å²) < 4.78 is 0. The highest BCUT2D eigenvalue weighted by molar-refractivity contribution is 7.09. The van der Waals surface area contributed by atoms with Crippen molar-refractivity contribution in [3.8, 4) is 0 Å². The van der Waals surface area contributed by atoms with E-state index in [1.165, 1.54) is 24.3 Å². The molecule has 1 aromatic heterocycles. The molecule has 0 radical (unpaired) electrons. The fourth-order valence-electron chi connectivity index (χ4n) is 3.72. The molecule has 0 bridgehead atoms. The Hall–Kier alpha value is -0.450. The van der Waals surface area contributed by atoms with E-state index < -0.39 is 5.60 Å². The Morgan fingerprint density at radius 1 is 1.20 bits per heavy atom. The number of β-amino-alcohol motifs (C(OH)–C–C–N with tert-alkyl or cyclic N) is 1. The lowest BCUT2D eigenvalue weighted by Crippen LogP contribution is -2.49. The number of nitrogens with zero attached hydrogens (tertiary/aromatic N) is 2. The summed E-state index contributed by atoms with van der Waals surface area (Å²) in [6, 6.07) is 0. The van der Waals surface area contributed by atoms with E-state index in [2.05, 4.69) is 22.2 Å². The summed E-state index contributed by atoms with van der Waals surface area (Å²) in [7, 11) is 0. The number of piperidine rings is 1. The van der Waals surface area contributed by atoms with Gasteiger partial charge in [-0.05, 0) is 38.8 Å². The molecule has 2 heterocycles. The standard InChI is InChI=1S/C16H26N2OS/c1-15(14-17-9-12-20-14)7-10-18(11-8-15)13-16(19)5-3-2-4-6-16/h9,12,19H,2-8,10-11,13H2,1H3. The molecule has 4 heteroatoms. The molecule has 1 aliphatic carbocycles. The number of aliphatic hydroxyl groups is 1. The van der Waals surface area contributed by atoms with Gasteiger partial charge in [-0.3, -0.25) is 0 Å². The molecule has 0 spiro atoms. The van der Waals surface area contributed by atoms with Gasteiger partial charge in [0.25, 0.3) is 0 Å². The first-order valence-electron chi connectivity index (χ1n) is 7.95. The van der Waals surface area contributed by atoms with Crippen molar-refractivity contribution in [3.05, 3.63) is 16.6 Å². The molecular weight excluding hydrogens is 268 g/mol. The van der Waals surface area contributed by atoms with Gasteiger partial charge in [0.1, 0.15) is 0 Å². The van der Waals surface area contributed by atoms with Gasteiger partial charge in [-0.2, -0.15) is 0 Å². The molecule has 1 aromatic rings. The molecule has 3 nitrogen and oxygen atoms in total. The zero-order chi connectivity index (χ0) is 14.1. The molecule has 1 N–H and O–H groups in total. The number of likely N-dealkylation sites (tertiary alicyclic amines) is 1. The van der Waals surface area contributed by atoms with Crippen LogP contribution < -0.4 is 0 Å². The SMILES string of the molecule is CC1(c2nccs2)CCN(CC2(O)CCCCC2)CC1. The third-order valence-corrected chi connectivity index (χ3v) is 6.29. The first-order chi connectivity index (χ1) is 9.60. The third-order valence-electron chi connectivity index (χ3n) is 5.21. The monoisotopic (exact) mass is 294 g/mol. The van der Waals surface area contributed by atoms with Crippen molar-refractivity contribution in [2.45, 2.75) is 62.9 Å². The van der Waals surface area contributed by atoms with Crippen LogP contribution in [0.25, 0.3) is 0 Å². The van der Waals surface area contributed by atoms with Crippen molar-refractivity contribution in [2.24, 2.45) is 0 Å². The van der Waals surface area contributed by atoms with Crippen LogP contribution in [0.4, 0.5) is 0 Å². The molecule has 1 aliphatic heterocycles. The van der Waals surface area contributed by atoms with Crippen molar-refractivity contribution in [3.63, 3.8) is 0 Å². The fourth-order valence-corrected chi connectivity index (χ4v) is 4.59. The molecule has 1 saturated heterocycles. The van der Waals surface area contributed by atoms with Crippen LogP contribution in [0.1, 0.15) is 56.9 Å². The van der Waals surface area contributed by atoms with E-state index >= 15 is 0 Å². The number of rotatable bonds is 3. The number of hydrogen-bond donors (Lipinski definition) is 1. The maximum Gasteiger partial charge on any atom is 0.0984 e. The molecule has 112 valence electrons. The van der Waals surface area contributed by atoms with Gasteiger partial charge in [0.05, 0.1) is 10.6 Å². The molecule has 2 aliphatic rings. The molecule has 20 heavy (non-hydrogen) atoms. The van der Waals surface area contributed by atoms with E-state index in [4.69, 9.17) is 0 Å². The molecule has 2 fully saturated rings. The van der Waals surface area contributed by atoms with Crippen LogP contribution in [-0.2, 0) is 5.41 Å². The molecule has 0 aromatic carbocycles. The predicted molar refractivity (Wildman–Crippen MR) is 83.2 cm³/mol. The minimum atomic E-state index is -0.410. The fraction of sp³-hybridized carbons (Fsp3) is 0.812. The summed E-state index contributed by atoms with van der Waals surface area (Å²) in [4.78, 5) is 6.99. The van der Waals surface area contributed by atoms with E-state index in [1.807, 2.05) is 6.20 Å². The van der Waals surface area contributed by atoms with Gasteiger partial charge in [-0.15, -0.1) is 11.3 Å². The van der Waals surface area contributed by atoms with Crippen molar-refractivity contribution < 1.29 is 5.11 Å². The highest BCUT2D eigenvalue weighted by atomic mass is 32.1. The van der Waals surface area contributed by atoms with E-state index in [0.717, 1.165) is 45.3 Å². The normalized spacial score (nSPS) is 26.5. The Labute approximate surface area is 126 Å². The van der Waals surface area contributed by atoms with Crippen LogP contribution in [-0.4, -0.2) is 40.2 Å². The zero-order valence-electron chi connectivity index (χ0n) is 12.5. The molecule has 0 unspecified atom stereocenters. The third kappa shape index (κ3) is 3.07. The lowest BCUT2D eigenvalue weighted by Gasteiger charge is -2.42. The average Bonchev–Trinajstić information content (AvgIpc) is 2.97. The molecular formula is C16H26N2OS. The van der Waals surface area contributed by atoms with Crippen molar-refractivity contribution in [1.82, 2.24) is 9.88 Å². The van der Waals surface area contributed by atoms with E-state index in [0.29, 0.717) is 0 Å². The van der Waals surface area contributed by atoms with Gasteiger partial charge in [-0.1, -0.05) is 26.2 Å². The van der Waals surface area contributed by atoms with Crippen LogP contribution in [0.2, 0.25) is 0 Å². The molecule has 0 atom stereocenters. The van der Waals surface area contributed by atoms with Gasteiger partial charge in [0.15, 0.2) is 0 Å². The second kappa shape index (κ2) is 5.74. The highest BCUT2D eigenvalue weighted by Crippen LogP contribution is 2.37. The smallest absolute Gasteiger partial charge is 0.0984 e. The van der Waals surface area contributed by atoms with Crippen LogP contribution in [0.3, 0.4) is 0 Å². The summed E-state index contributed by atoms with van der Waals surface area (Å²) in [6.45, 7) is 5.41. The Morgan fingerprint density at radius 2 is 1.90 bits per heavy atom. The first-order valence-corrected chi connectivity index (χ1v) is 8.82. The lowest BCUT2D eigenvalue weighted by atomic mass is 9.79. The number of aromatic nitrogens is 1. The summed E-state index contributed by atoms with van der Waals surface area (Å²) in [5, 5.41) is 14.1. The summed E-state index contributed by atoms with van der Waals surface area (Å²) in [5.74, 6) is 0. The van der Waals surface area contributed by atoms with Crippen molar-refractivity contribution in [2.75, 3.05) is 19.6 Å². The van der Waals surface area contributed by atoms with Crippen LogP contribution in [0.15, 0.2) is 11.6 Å². The first kappa shape index (κ1) is 14.5. The second-order valence-corrected chi connectivity index (χ2v) is 7.85. The minimum absolute atomic E-state index is 0.250. The van der Waals surface area contributed by atoms with Crippen LogP contribution in [0.5, 0.6) is 0 Å². The largest absolute Gasteiger partial charge is 0.389 e. The highest BCUT2D eigenvalue weighted by Gasteiger charge is 2.37. The molecule has 1 saturated carbocycles. The summed E-state index contributed by atoms with van der Waals surface area (Å²) in [5.41, 5.74) is -0.160. The number of hydrogen-bond acceptors (Lipinski definition) is 4. The van der Waals surface area contributed by atoms with E-state index in [-0.39, 0.29) is 5.41 Å². The van der Waals surface area contributed by atoms with Crippen LogP contribution >= 0.6 is 11.3 Å². The second-order valence-electron chi connectivity index (χ2n) is 6.96. The lowest BCUT2D eigenvalue weighted by molar-refractivity contribution is -0.0337. The Morgan fingerprint density at radius 3 is 2.50 bits per heavy atom. The zero-order valence-corrected chi connectivity index (χ0v) is 13.3. The topological polar surface area (TPSA) is 36.4 Å². The van der Waals surface area contributed by atoms with Crippen LogP contribution in [0, 0.1) is 0 Å². The molecule has 0 amide bonds. The maximum atomic E-state index is 10.7. The van der Waals surface area contributed by atoms with Gasteiger partial charge in [0, 0.05) is 23.5 Å². The van der Waals surface area contributed by atoms with Crippen molar-refractivity contribution >= 4 is 11.3 Å². The van der Waals surface area contributed by atoms with Gasteiger partial charge >= 0.3 is 0 Å². The van der Waals surface area contributed by atoms with E-state index in [1.54, 1.807) is 11.3 Å². The Balaban J connectivity index is 1.56. The summed E-state index contributed by atoms with van der Waals surface area (Å²) in [6.07, 6.45) is 9.92. The average molecular weight is 294 g/mol. The minimum Gasteiger partial charge on any atom is -0.389 e. The Bertz CT molecular complexity index is 418.